The number of hydrogen-bond donors (Lipinski definition) is 1. The lowest BCUT2D eigenvalue weighted by molar-refractivity contribution is 0.0937. The minimum absolute atomic E-state index is 0.0122. The van der Waals surface area contributed by atoms with E-state index in [2.05, 4.69) is 34.0 Å². The van der Waals surface area contributed by atoms with Gasteiger partial charge >= 0.3 is 0 Å². The molecule has 1 aliphatic heterocycles. The van der Waals surface area contributed by atoms with E-state index in [1.807, 2.05) is 13.0 Å². The Balaban J connectivity index is 1.73. The van der Waals surface area contributed by atoms with E-state index in [4.69, 9.17) is 0 Å². The average molecular weight is 299 g/mol. The van der Waals surface area contributed by atoms with Crippen molar-refractivity contribution in [3.8, 4) is 11.8 Å². The molecule has 0 saturated carbocycles. The third-order valence-electron chi connectivity index (χ3n) is 4.11. The van der Waals surface area contributed by atoms with Gasteiger partial charge in [0.15, 0.2) is 0 Å². The first-order chi connectivity index (χ1) is 10.7. The number of amides is 1. The number of hydrogen-bond acceptors (Lipinski definition) is 3. The van der Waals surface area contributed by atoms with E-state index in [9.17, 15) is 4.79 Å². The van der Waals surface area contributed by atoms with E-state index in [1.165, 1.54) is 0 Å². The van der Waals surface area contributed by atoms with Crippen LogP contribution in [0.4, 0.5) is 0 Å². The number of piperidine rings is 1. The minimum Gasteiger partial charge on any atom is -0.352 e. The Morgan fingerprint density at radius 2 is 2.18 bits per heavy atom. The number of aryl methyl sites for hydroxylation is 1. The molecule has 0 unspecified atom stereocenters. The summed E-state index contributed by atoms with van der Waals surface area (Å²) < 4.78 is 0. The summed E-state index contributed by atoms with van der Waals surface area (Å²) in [6.45, 7) is 7.72. The number of carbonyl (C=O) groups is 1. The number of likely N-dealkylation sites (tertiary alicyclic amines) is 1. The fourth-order valence-corrected chi connectivity index (χ4v) is 2.70. The van der Waals surface area contributed by atoms with Crippen molar-refractivity contribution >= 4 is 5.91 Å². The second-order valence-electron chi connectivity index (χ2n) is 5.77. The molecule has 0 bridgehead atoms. The van der Waals surface area contributed by atoms with E-state index in [0.717, 1.165) is 51.1 Å². The molecule has 1 fully saturated rings. The van der Waals surface area contributed by atoms with Crippen LogP contribution in [0.3, 0.4) is 0 Å². The van der Waals surface area contributed by atoms with Crippen molar-refractivity contribution in [2.75, 3.05) is 26.2 Å². The van der Waals surface area contributed by atoms with Crippen LogP contribution in [0.2, 0.25) is 0 Å². The van der Waals surface area contributed by atoms with Gasteiger partial charge in [0, 0.05) is 24.9 Å². The molecule has 1 aliphatic rings. The quantitative estimate of drug-likeness (QED) is 0.867. The standard InChI is InChI=1S/C18H25N3O/c1-3-4-5-11-21-12-8-16(9-13-21)14-20-18(22)17-7-6-10-19-15(17)2/h6-7,10,16H,3,8-9,11-14H2,1-2H3,(H,20,22). The maximum atomic E-state index is 12.2. The number of carbonyl (C=O) groups excluding carboxylic acids is 1. The Bertz CT molecular complexity index is 551. The van der Waals surface area contributed by atoms with Gasteiger partial charge in [0.25, 0.3) is 5.91 Å². The monoisotopic (exact) mass is 299 g/mol. The maximum Gasteiger partial charge on any atom is 0.253 e. The molecule has 4 nitrogen and oxygen atoms in total. The van der Waals surface area contributed by atoms with E-state index >= 15 is 0 Å². The zero-order valence-corrected chi connectivity index (χ0v) is 13.6. The minimum atomic E-state index is -0.0122. The van der Waals surface area contributed by atoms with Crippen LogP contribution in [0.15, 0.2) is 18.3 Å². The Kier molecular flexibility index (Phi) is 6.42. The van der Waals surface area contributed by atoms with E-state index in [1.54, 1.807) is 12.3 Å². The molecule has 0 aromatic carbocycles. The van der Waals surface area contributed by atoms with Crippen molar-refractivity contribution in [1.29, 1.82) is 0 Å². The molecule has 2 heterocycles. The van der Waals surface area contributed by atoms with Crippen LogP contribution < -0.4 is 5.32 Å². The molecule has 0 radical (unpaired) electrons. The van der Waals surface area contributed by atoms with Crippen molar-refractivity contribution in [2.45, 2.75) is 33.1 Å². The first-order valence-corrected chi connectivity index (χ1v) is 8.08. The summed E-state index contributed by atoms with van der Waals surface area (Å²) in [5.41, 5.74) is 1.46. The second kappa shape index (κ2) is 8.55. The van der Waals surface area contributed by atoms with Gasteiger partial charge in [-0.25, -0.2) is 0 Å². The summed E-state index contributed by atoms with van der Waals surface area (Å²) in [7, 11) is 0. The molecule has 0 atom stereocenters. The molecule has 118 valence electrons. The molecule has 2 rings (SSSR count). The van der Waals surface area contributed by atoms with Crippen molar-refractivity contribution in [2.24, 2.45) is 5.92 Å². The molecule has 22 heavy (non-hydrogen) atoms. The van der Waals surface area contributed by atoms with Crippen molar-refractivity contribution in [3.05, 3.63) is 29.6 Å². The summed E-state index contributed by atoms with van der Waals surface area (Å²) >= 11 is 0. The summed E-state index contributed by atoms with van der Waals surface area (Å²) in [5, 5.41) is 3.05. The maximum absolute atomic E-state index is 12.2. The molecule has 0 spiro atoms. The third kappa shape index (κ3) is 4.85. The van der Waals surface area contributed by atoms with Gasteiger partial charge in [-0.3, -0.25) is 14.7 Å². The van der Waals surface area contributed by atoms with Crippen molar-refractivity contribution < 1.29 is 4.79 Å². The number of nitrogens with zero attached hydrogens (tertiary/aromatic N) is 2. The number of aromatic nitrogens is 1. The lowest BCUT2D eigenvalue weighted by Gasteiger charge is -2.30. The highest BCUT2D eigenvalue weighted by Crippen LogP contribution is 2.16. The highest BCUT2D eigenvalue weighted by molar-refractivity contribution is 5.95. The van der Waals surface area contributed by atoms with Gasteiger partial charge in [0.1, 0.15) is 0 Å². The SMILES string of the molecule is CCC#CCN1CCC(CNC(=O)c2cccnc2C)CC1. The van der Waals surface area contributed by atoms with Gasteiger partial charge in [-0.1, -0.05) is 12.8 Å². The lowest BCUT2D eigenvalue weighted by atomic mass is 9.96. The van der Waals surface area contributed by atoms with Crippen LogP contribution in [0.1, 0.15) is 42.2 Å². The van der Waals surface area contributed by atoms with Crippen LogP contribution in [0, 0.1) is 24.7 Å². The summed E-state index contributed by atoms with van der Waals surface area (Å²) in [6.07, 6.45) is 4.89. The predicted octanol–water partition coefficient (Wildman–Crippen LogP) is 2.25. The number of nitrogens with one attached hydrogen (secondary N) is 1. The van der Waals surface area contributed by atoms with Gasteiger partial charge in [0.05, 0.1) is 12.1 Å². The van der Waals surface area contributed by atoms with Crippen molar-refractivity contribution in [3.63, 3.8) is 0 Å². The fourth-order valence-electron chi connectivity index (χ4n) is 2.70. The second-order valence-corrected chi connectivity index (χ2v) is 5.77. The Labute approximate surface area is 133 Å². The summed E-state index contributed by atoms with van der Waals surface area (Å²) in [5.74, 6) is 6.87. The number of pyridine rings is 1. The molecule has 0 aliphatic carbocycles. The van der Waals surface area contributed by atoms with Gasteiger partial charge in [-0.15, -0.1) is 5.92 Å². The Morgan fingerprint density at radius 1 is 1.41 bits per heavy atom. The topological polar surface area (TPSA) is 45.2 Å². The summed E-state index contributed by atoms with van der Waals surface area (Å²) in [6, 6.07) is 3.63. The van der Waals surface area contributed by atoms with Gasteiger partial charge < -0.3 is 5.32 Å². The lowest BCUT2D eigenvalue weighted by Crippen LogP contribution is -2.38. The van der Waals surface area contributed by atoms with Crippen LogP contribution >= 0.6 is 0 Å². The Hall–Kier alpha value is -1.86. The van der Waals surface area contributed by atoms with Gasteiger partial charge in [0.2, 0.25) is 0 Å². The summed E-state index contributed by atoms with van der Waals surface area (Å²) in [4.78, 5) is 18.7. The van der Waals surface area contributed by atoms with E-state index in [-0.39, 0.29) is 5.91 Å². The average Bonchev–Trinajstić information content (AvgIpc) is 2.54. The first kappa shape index (κ1) is 16.5. The largest absolute Gasteiger partial charge is 0.352 e. The molecular weight excluding hydrogens is 274 g/mol. The molecule has 1 aromatic rings. The van der Waals surface area contributed by atoms with Gasteiger partial charge in [-0.05, 0) is 50.9 Å². The zero-order valence-electron chi connectivity index (χ0n) is 13.6. The highest BCUT2D eigenvalue weighted by Gasteiger charge is 2.19. The zero-order chi connectivity index (χ0) is 15.8. The van der Waals surface area contributed by atoms with Crippen molar-refractivity contribution in [1.82, 2.24) is 15.2 Å². The molecular formula is C18H25N3O. The van der Waals surface area contributed by atoms with Crippen LogP contribution in [0.25, 0.3) is 0 Å². The normalized spacial score (nSPS) is 15.9. The fraction of sp³-hybridized carbons (Fsp3) is 0.556. The highest BCUT2D eigenvalue weighted by atomic mass is 16.1. The molecule has 1 amide bonds. The van der Waals surface area contributed by atoms with E-state index in [0.29, 0.717) is 11.5 Å². The number of rotatable bonds is 4. The smallest absolute Gasteiger partial charge is 0.253 e. The molecule has 4 heteroatoms. The van der Waals surface area contributed by atoms with Crippen LogP contribution in [-0.2, 0) is 0 Å². The first-order valence-electron chi connectivity index (χ1n) is 8.08. The molecule has 1 N–H and O–H groups in total. The van der Waals surface area contributed by atoms with Gasteiger partial charge in [-0.2, -0.15) is 0 Å². The Morgan fingerprint density at radius 3 is 2.86 bits per heavy atom. The predicted molar refractivity (Wildman–Crippen MR) is 88.5 cm³/mol. The third-order valence-corrected chi connectivity index (χ3v) is 4.11. The van der Waals surface area contributed by atoms with E-state index < -0.39 is 0 Å². The van der Waals surface area contributed by atoms with Crippen LogP contribution in [0.5, 0.6) is 0 Å². The molecule has 1 aromatic heterocycles. The van der Waals surface area contributed by atoms with Crippen LogP contribution in [-0.4, -0.2) is 42.0 Å². The molecule has 1 saturated heterocycles.